The molecule has 0 aliphatic rings. The highest BCUT2D eigenvalue weighted by Crippen LogP contribution is 1.87. The van der Waals surface area contributed by atoms with Crippen LogP contribution in [-0.4, -0.2) is 77.1 Å². The molecule has 0 aromatic rings. The second-order valence-corrected chi connectivity index (χ2v) is 5.03. The van der Waals surface area contributed by atoms with Crippen molar-refractivity contribution >= 4 is 29.9 Å². The molecule has 0 unspecified atom stereocenters. The summed E-state index contributed by atoms with van der Waals surface area (Å²) in [5, 5.41) is 6.56. The molecule has 23 heavy (non-hydrogen) atoms. The Morgan fingerprint density at radius 3 is 2.09 bits per heavy atom. The van der Waals surface area contributed by atoms with Crippen molar-refractivity contribution in [3.8, 4) is 0 Å². The third-order valence-corrected chi connectivity index (χ3v) is 3.39. The van der Waals surface area contributed by atoms with Crippen LogP contribution in [0.25, 0.3) is 0 Å². The molecule has 140 valence electrons. The minimum Gasteiger partial charge on any atom is -0.379 e. The Bertz CT molecular complexity index is 264. The summed E-state index contributed by atoms with van der Waals surface area (Å²) < 4.78 is 10.9. The van der Waals surface area contributed by atoms with Crippen molar-refractivity contribution in [3.63, 3.8) is 0 Å². The second-order valence-electron chi connectivity index (χ2n) is 5.03. The molecule has 0 aliphatic heterocycles. The number of rotatable bonds is 14. The van der Waals surface area contributed by atoms with Crippen molar-refractivity contribution in [2.75, 3.05) is 66.2 Å². The largest absolute Gasteiger partial charge is 0.379 e. The van der Waals surface area contributed by atoms with Crippen molar-refractivity contribution in [2.24, 2.45) is 4.99 Å². The Hall–Kier alpha value is -0.120. The van der Waals surface area contributed by atoms with E-state index in [0.29, 0.717) is 19.8 Å². The molecule has 0 aliphatic carbocycles. The number of hydrogen-bond donors (Lipinski definition) is 2. The number of guanidine groups is 1. The maximum atomic E-state index is 5.51. The molecule has 0 fully saturated rings. The van der Waals surface area contributed by atoms with Gasteiger partial charge < -0.3 is 25.0 Å². The van der Waals surface area contributed by atoms with Crippen molar-refractivity contribution < 1.29 is 9.47 Å². The monoisotopic (exact) mass is 444 g/mol. The van der Waals surface area contributed by atoms with Gasteiger partial charge >= 0.3 is 0 Å². The Kier molecular flexibility index (Phi) is 21.8. The summed E-state index contributed by atoms with van der Waals surface area (Å²) in [6.07, 6.45) is 2.29. The first kappa shape index (κ1) is 25.1. The molecule has 0 rings (SSSR count). The van der Waals surface area contributed by atoms with Gasteiger partial charge in [-0.05, 0) is 19.5 Å². The maximum absolute atomic E-state index is 5.51. The normalized spacial score (nSPS) is 11.4. The fourth-order valence-electron chi connectivity index (χ4n) is 1.90. The van der Waals surface area contributed by atoms with Gasteiger partial charge in [0.1, 0.15) is 0 Å². The molecule has 0 heterocycles. The van der Waals surface area contributed by atoms with E-state index in [9.17, 15) is 0 Å². The van der Waals surface area contributed by atoms with Gasteiger partial charge in [0.05, 0.1) is 19.8 Å². The van der Waals surface area contributed by atoms with Crippen LogP contribution in [0.1, 0.15) is 33.6 Å². The molecule has 0 saturated carbocycles. The lowest BCUT2D eigenvalue weighted by Gasteiger charge is -2.19. The van der Waals surface area contributed by atoms with Gasteiger partial charge in [-0.15, -0.1) is 24.0 Å². The van der Waals surface area contributed by atoms with Crippen molar-refractivity contribution in [1.29, 1.82) is 0 Å². The molecular weight excluding hydrogens is 407 g/mol. The fraction of sp³-hybridized carbons (Fsp3) is 0.938. The molecule has 0 aromatic heterocycles. The third kappa shape index (κ3) is 16.5. The number of likely N-dealkylation sites (N-methyl/N-ethyl adjacent to an activating group) is 1. The van der Waals surface area contributed by atoms with E-state index in [1.165, 1.54) is 6.42 Å². The molecule has 0 saturated heterocycles. The summed E-state index contributed by atoms with van der Waals surface area (Å²) in [5.41, 5.74) is 0. The lowest BCUT2D eigenvalue weighted by molar-refractivity contribution is 0.0487. The zero-order valence-corrected chi connectivity index (χ0v) is 17.7. The number of aliphatic imine (C=N–C) groups is 1. The van der Waals surface area contributed by atoms with Crippen LogP contribution in [0, 0.1) is 0 Å². The Labute approximate surface area is 159 Å². The Morgan fingerprint density at radius 1 is 0.913 bits per heavy atom. The lowest BCUT2D eigenvalue weighted by atomic mass is 10.4. The summed E-state index contributed by atoms with van der Waals surface area (Å²) >= 11 is 0. The van der Waals surface area contributed by atoms with Gasteiger partial charge in [0.2, 0.25) is 0 Å². The van der Waals surface area contributed by atoms with Crippen LogP contribution in [0.3, 0.4) is 0 Å². The van der Waals surface area contributed by atoms with E-state index >= 15 is 0 Å². The van der Waals surface area contributed by atoms with E-state index < -0.39 is 0 Å². The van der Waals surface area contributed by atoms with E-state index in [4.69, 9.17) is 9.47 Å². The smallest absolute Gasteiger partial charge is 0.191 e. The van der Waals surface area contributed by atoms with Crippen LogP contribution in [0.4, 0.5) is 0 Å². The predicted octanol–water partition coefficient (Wildman–Crippen LogP) is 1.94. The summed E-state index contributed by atoms with van der Waals surface area (Å²) in [5.74, 6) is 0.829. The average Bonchev–Trinajstić information content (AvgIpc) is 2.55. The molecule has 0 spiro atoms. The summed E-state index contributed by atoms with van der Waals surface area (Å²) in [7, 11) is 1.79. The first-order valence-corrected chi connectivity index (χ1v) is 8.60. The van der Waals surface area contributed by atoms with Gasteiger partial charge in [-0.1, -0.05) is 27.2 Å². The number of nitrogens with zero attached hydrogens (tertiary/aromatic N) is 2. The standard InChI is InChI=1S/C16H36N4O2.HI/c1-5-8-12-21-14-15-22-13-10-19-16(17-4)18-9-11-20(6-2)7-3;/h5-15H2,1-4H3,(H2,17,18,19);1H. The molecule has 0 bridgehead atoms. The summed E-state index contributed by atoms with van der Waals surface area (Å²) in [4.78, 5) is 6.58. The minimum absolute atomic E-state index is 0. The highest BCUT2D eigenvalue weighted by Gasteiger charge is 2.00. The Morgan fingerprint density at radius 2 is 1.52 bits per heavy atom. The predicted molar refractivity (Wildman–Crippen MR) is 109 cm³/mol. The molecule has 6 nitrogen and oxygen atoms in total. The highest BCUT2D eigenvalue weighted by molar-refractivity contribution is 14.0. The van der Waals surface area contributed by atoms with E-state index in [1.54, 1.807) is 7.05 Å². The molecule has 7 heteroatoms. The zero-order valence-electron chi connectivity index (χ0n) is 15.4. The summed E-state index contributed by atoms with van der Waals surface area (Å²) in [6.45, 7) is 14.2. The average molecular weight is 444 g/mol. The molecule has 0 radical (unpaired) electrons. The lowest BCUT2D eigenvalue weighted by Crippen LogP contribution is -2.42. The quantitative estimate of drug-likeness (QED) is 0.186. The maximum Gasteiger partial charge on any atom is 0.191 e. The number of unbranched alkanes of at least 4 members (excludes halogenated alkanes) is 1. The van der Waals surface area contributed by atoms with Gasteiger partial charge in [0.25, 0.3) is 0 Å². The van der Waals surface area contributed by atoms with Gasteiger partial charge in [0, 0.05) is 33.3 Å². The van der Waals surface area contributed by atoms with Gasteiger partial charge in [0.15, 0.2) is 5.96 Å². The third-order valence-electron chi connectivity index (χ3n) is 3.39. The van der Waals surface area contributed by atoms with E-state index in [-0.39, 0.29) is 24.0 Å². The van der Waals surface area contributed by atoms with Crippen LogP contribution >= 0.6 is 24.0 Å². The van der Waals surface area contributed by atoms with E-state index in [1.807, 2.05) is 0 Å². The van der Waals surface area contributed by atoms with E-state index in [2.05, 4.69) is 41.3 Å². The van der Waals surface area contributed by atoms with Crippen molar-refractivity contribution in [3.05, 3.63) is 0 Å². The van der Waals surface area contributed by atoms with Gasteiger partial charge in [-0.3, -0.25) is 4.99 Å². The van der Waals surface area contributed by atoms with E-state index in [0.717, 1.165) is 51.7 Å². The van der Waals surface area contributed by atoms with Crippen LogP contribution < -0.4 is 10.6 Å². The van der Waals surface area contributed by atoms with Gasteiger partial charge in [-0.2, -0.15) is 0 Å². The van der Waals surface area contributed by atoms with Crippen molar-refractivity contribution in [1.82, 2.24) is 15.5 Å². The zero-order chi connectivity index (χ0) is 16.5. The van der Waals surface area contributed by atoms with Gasteiger partial charge in [-0.25, -0.2) is 0 Å². The minimum atomic E-state index is 0. The topological polar surface area (TPSA) is 58.1 Å². The number of nitrogens with one attached hydrogen (secondary N) is 2. The van der Waals surface area contributed by atoms with Crippen LogP contribution in [0.15, 0.2) is 4.99 Å². The van der Waals surface area contributed by atoms with Crippen LogP contribution in [-0.2, 0) is 9.47 Å². The fourth-order valence-corrected chi connectivity index (χ4v) is 1.90. The highest BCUT2D eigenvalue weighted by atomic mass is 127. The molecule has 0 amide bonds. The number of hydrogen-bond acceptors (Lipinski definition) is 4. The molecule has 0 atom stereocenters. The molecule has 2 N–H and O–H groups in total. The number of halogens is 1. The van der Waals surface area contributed by atoms with Crippen LogP contribution in [0.5, 0.6) is 0 Å². The van der Waals surface area contributed by atoms with Crippen molar-refractivity contribution in [2.45, 2.75) is 33.6 Å². The molecular formula is C16H37IN4O2. The van der Waals surface area contributed by atoms with Crippen LogP contribution in [0.2, 0.25) is 0 Å². The first-order valence-electron chi connectivity index (χ1n) is 8.60. The Balaban J connectivity index is 0. The number of ether oxygens (including phenoxy) is 2. The summed E-state index contributed by atoms with van der Waals surface area (Å²) in [6, 6.07) is 0. The molecule has 0 aromatic carbocycles. The second kappa shape index (κ2) is 19.9. The first-order chi connectivity index (χ1) is 10.8. The SMILES string of the molecule is CCCCOCCOCCNC(=NC)NCCN(CC)CC.I.